The molecular weight excluding hydrogens is 440 g/mol. The first-order valence-corrected chi connectivity index (χ1v) is 12.8. The normalized spacial score (nSPS) is 20.2. The van der Waals surface area contributed by atoms with Crippen molar-refractivity contribution in [3.05, 3.63) is 30.2 Å². The summed E-state index contributed by atoms with van der Waals surface area (Å²) < 4.78 is 2.11. The van der Waals surface area contributed by atoms with Gasteiger partial charge in [-0.2, -0.15) is 9.97 Å². The molecule has 10 heteroatoms. The largest absolute Gasteiger partial charge is 0.364 e. The lowest BCUT2D eigenvalue weighted by molar-refractivity contribution is 0.233. The van der Waals surface area contributed by atoms with Crippen molar-refractivity contribution in [3.8, 4) is 0 Å². The molecule has 35 heavy (non-hydrogen) atoms. The molecule has 0 amide bonds. The van der Waals surface area contributed by atoms with Crippen molar-refractivity contribution in [1.82, 2.24) is 29.4 Å². The first-order chi connectivity index (χ1) is 16.9. The SMILES string of the molecule is CC(C)n1cnc2c(NCc3cccnc3N3CCN(C)[C@@H](C)C3)nc(N3CCC(N)CC3)nc21. The molecule has 0 unspecified atom stereocenters. The van der Waals surface area contributed by atoms with E-state index >= 15 is 0 Å². The highest BCUT2D eigenvalue weighted by Gasteiger charge is 2.24. The van der Waals surface area contributed by atoms with Gasteiger partial charge in [0, 0.05) is 69.2 Å². The van der Waals surface area contributed by atoms with Gasteiger partial charge in [0.2, 0.25) is 5.95 Å². The molecule has 5 rings (SSSR count). The van der Waals surface area contributed by atoms with Crippen LogP contribution in [-0.2, 0) is 6.54 Å². The first-order valence-electron chi connectivity index (χ1n) is 12.8. The third-order valence-corrected chi connectivity index (χ3v) is 7.36. The number of aromatic nitrogens is 5. The van der Waals surface area contributed by atoms with Gasteiger partial charge in [-0.25, -0.2) is 9.97 Å². The Morgan fingerprint density at radius 2 is 1.89 bits per heavy atom. The molecule has 10 nitrogen and oxygen atoms in total. The zero-order chi connectivity index (χ0) is 24.5. The van der Waals surface area contributed by atoms with Gasteiger partial charge in [0.05, 0.1) is 6.33 Å². The molecule has 2 fully saturated rings. The molecule has 1 atom stereocenters. The number of anilines is 3. The summed E-state index contributed by atoms with van der Waals surface area (Å²) >= 11 is 0. The van der Waals surface area contributed by atoms with Gasteiger partial charge in [0.15, 0.2) is 17.0 Å². The minimum atomic E-state index is 0.259. The highest BCUT2D eigenvalue weighted by molar-refractivity contribution is 5.84. The number of rotatable bonds is 6. The van der Waals surface area contributed by atoms with Crippen molar-refractivity contribution in [3.63, 3.8) is 0 Å². The maximum atomic E-state index is 6.14. The summed E-state index contributed by atoms with van der Waals surface area (Å²) in [5.41, 5.74) is 8.96. The monoisotopic (exact) mass is 478 g/mol. The number of likely N-dealkylation sites (N-methyl/N-ethyl adjacent to an activating group) is 1. The molecule has 3 aromatic rings. The lowest BCUT2D eigenvalue weighted by Gasteiger charge is -2.39. The molecule has 2 saturated heterocycles. The molecule has 188 valence electrons. The van der Waals surface area contributed by atoms with Crippen molar-refractivity contribution >= 4 is 28.7 Å². The molecule has 5 heterocycles. The molecule has 2 aliphatic heterocycles. The number of nitrogens with two attached hydrogens (primary N) is 1. The van der Waals surface area contributed by atoms with Gasteiger partial charge in [0.1, 0.15) is 5.82 Å². The van der Waals surface area contributed by atoms with E-state index in [4.69, 9.17) is 20.7 Å². The van der Waals surface area contributed by atoms with Crippen LogP contribution in [0.15, 0.2) is 24.7 Å². The number of piperidine rings is 1. The van der Waals surface area contributed by atoms with Crippen LogP contribution in [0.4, 0.5) is 17.6 Å². The van der Waals surface area contributed by atoms with Gasteiger partial charge < -0.3 is 30.3 Å². The maximum absolute atomic E-state index is 6.14. The van der Waals surface area contributed by atoms with Crippen LogP contribution in [0.2, 0.25) is 0 Å². The van der Waals surface area contributed by atoms with Gasteiger partial charge >= 0.3 is 0 Å². The Morgan fingerprint density at radius 1 is 1.09 bits per heavy atom. The van der Waals surface area contributed by atoms with Crippen LogP contribution in [0.25, 0.3) is 11.2 Å². The topological polar surface area (TPSA) is 104 Å². The predicted octanol–water partition coefficient (Wildman–Crippen LogP) is 2.48. The van der Waals surface area contributed by atoms with Crippen molar-refractivity contribution in [2.45, 2.75) is 58.3 Å². The zero-order valence-electron chi connectivity index (χ0n) is 21.4. The summed E-state index contributed by atoms with van der Waals surface area (Å²) in [4.78, 5) is 26.4. The van der Waals surface area contributed by atoms with E-state index in [0.717, 1.165) is 79.9 Å². The summed E-state index contributed by atoms with van der Waals surface area (Å²) in [7, 11) is 2.19. The second-order valence-electron chi connectivity index (χ2n) is 10.2. The van der Waals surface area contributed by atoms with Crippen LogP contribution < -0.4 is 20.9 Å². The fourth-order valence-electron chi connectivity index (χ4n) is 4.92. The number of fused-ring (bicyclic) bond motifs is 1. The van der Waals surface area contributed by atoms with Crippen molar-refractivity contribution in [2.24, 2.45) is 5.73 Å². The van der Waals surface area contributed by atoms with Crippen molar-refractivity contribution < 1.29 is 0 Å². The summed E-state index contributed by atoms with van der Waals surface area (Å²) in [6.45, 7) is 11.9. The van der Waals surface area contributed by atoms with E-state index in [1.807, 2.05) is 18.6 Å². The summed E-state index contributed by atoms with van der Waals surface area (Å²) in [5, 5.41) is 3.59. The van der Waals surface area contributed by atoms with Crippen molar-refractivity contribution in [1.29, 1.82) is 0 Å². The standard InChI is InChI=1S/C25H38N10/c1-17(2)35-16-29-21-22(30-25(31-24(21)35)33-10-7-20(26)8-11-33)28-14-19-6-5-9-27-23(19)34-13-12-32(4)18(3)15-34/h5-6,9,16-18,20H,7-8,10-15,26H2,1-4H3,(H,28,30,31)/t18-/m0/s1. The molecule has 0 spiro atoms. The van der Waals surface area contributed by atoms with E-state index in [1.54, 1.807) is 0 Å². The Kier molecular flexibility index (Phi) is 6.75. The molecule has 0 radical (unpaired) electrons. The van der Waals surface area contributed by atoms with Gasteiger partial charge in [-0.1, -0.05) is 6.07 Å². The molecule has 0 aromatic carbocycles. The Balaban J connectivity index is 1.44. The maximum Gasteiger partial charge on any atom is 0.229 e. The number of nitrogens with one attached hydrogen (secondary N) is 1. The van der Waals surface area contributed by atoms with Gasteiger partial charge in [-0.3, -0.25) is 0 Å². The molecule has 3 aromatic heterocycles. The van der Waals surface area contributed by atoms with Crippen LogP contribution in [0, 0.1) is 0 Å². The average Bonchev–Trinajstić information content (AvgIpc) is 3.29. The van der Waals surface area contributed by atoms with E-state index in [2.05, 4.69) is 63.5 Å². The molecule has 2 aliphatic rings. The number of piperazine rings is 1. The Morgan fingerprint density at radius 3 is 2.63 bits per heavy atom. The smallest absolute Gasteiger partial charge is 0.229 e. The Hall–Kier alpha value is -2.98. The van der Waals surface area contributed by atoms with E-state index in [0.29, 0.717) is 12.6 Å². The number of nitrogens with zero attached hydrogens (tertiary/aromatic N) is 8. The Labute approximate surface area is 207 Å². The summed E-state index contributed by atoms with van der Waals surface area (Å²) in [6.07, 6.45) is 5.66. The van der Waals surface area contributed by atoms with E-state index in [9.17, 15) is 0 Å². The van der Waals surface area contributed by atoms with Crippen LogP contribution in [0.5, 0.6) is 0 Å². The number of imidazole rings is 1. The third kappa shape index (κ3) is 4.90. The predicted molar refractivity (Wildman–Crippen MR) is 141 cm³/mol. The third-order valence-electron chi connectivity index (χ3n) is 7.36. The van der Waals surface area contributed by atoms with Crippen LogP contribution >= 0.6 is 0 Å². The molecule has 3 N–H and O–H groups in total. The first kappa shape index (κ1) is 23.7. The fourth-order valence-corrected chi connectivity index (χ4v) is 4.92. The second-order valence-corrected chi connectivity index (χ2v) is 10.2. The highest BCUT2D eigenvalue weighted by Crippen LogP contribution is 2.28. The zero-order valence-corrected chi connectivity index (χ0v) is 21.4. The molecular formula is C25H38N10. The van der Waals surface area contributed by atoms with Crippen LogP contribution in [0.3, 0.4) is 0 Å². The molecule has 0 saturated carbocycles. The average molecular weight is 479 g/mol. The summed E-state index contributed by atoms with van der Waals surface area (Å²) in [6, 6.07) is 5.17. The van der Waals surface area contributed by atoms with Crippen molar-refractivity contribution in [2.75, 3.05) is 54.9 Å². The minimum absolute atomic E-state index is 0.259. The van der Waals surface area contributed by atoms with Crippen LogP contribution in [-0.4, -0.2) is 81.3 Å². The number of pyridine rings is 1. The quantitative estimate of drug-likeness (QED) is 0.553. The fraction of sp³-hybridized carbons (Fsp3) is 0.600. The second kappa shape index (κ2) is 9.94. The van der Waals surface area contributed by atoms with E-state index in [1.165, 1.54) is 0 Å². The van der Waals surface area contributed by atoms with Crippen LogP contribution in [0.1, 0.15) is 45.2 Å². The van der Waals surface area contributed by atoms with Gasteiger partial charge in [-0.15, -0.1) is 0 Å². The molecule has 0 bridgehead atoms. The summed E-state index contributed by atoms with van der Waals surface area (Å²) in [5.74, 6) is 2.55. The van der Waals surface area contributed by atoms with E-state index in [-0.39, 0.29) is 12.1 Å². The number of hydrogen-bond donors (Lipinski definition) is 2. The van der Waals surface area contributed by atoms with E-state index < -0.39 is 0 Å². The lowest BCUT2D eigenvalue weighted by Crippen LogP contribution is -2.50. The van der Waals surface area contributed by atoms with Gasteiger partial charge in [0.25, 0.3) is 0 Å². The highest BCUT2D eigenvalue weighted by atomic mass is 15.3. The number of hydrogen-bond acceptors (Lipinski definition) is 9. The Bertz CT molecular complexity index is 1150. The minimum Gasteiger partial charge on any atom is -0.364 e. The molecule has 0 aliphatic carbocycles. The lowest BCUT2D eigenvalue weighted by atomic mass is 10.1. The van der Waals surface area contributed by atoms with Gasteiger partial charge in [-0.05, 0) is 46.7 Å².